The summed E-state index contributed by atoms with van der Waals surface area (Å²) in [5, 5.41) is 0. The summed E-state index contributed by atoms with van der Waals surface area (Å²) in [6, 6.07) is 0. The quantitative estimate of drug-likeness (QED) is 0.790. The fraction of sp³-hybridized carbons (Fsp3) is 1.00. The van der Waals surface area contributed by atoms with E-state index in [0.717, 1.165) is 18.8 Å². The van der Waals surface area contributed by atoms with Gasteiger partial charge in [-0.2, -0.15) is 0 Å². The minimum Gasteiger partial charge on any atom is -0.329 e. The van der Waals surface area contributed by atoms with E-state index in [2.05, 4.69) is 25.7 Å². The fourth-order valence-electron chi connectivity index (χ4n) is 3.54. The Morgan fingerprint density at radius 2 is 1.86 bits per heavy atom. The molecular weight excluding hydrogens is 284 g/mol. The molecule has 126 valence electrons. The van der Waals surface area contributed by atoms with Crippen molar-refractivity contribution in [2.45, 2.75) is 58.4 Å². The minimum absolute atomic E-state index is 0.0231. The van der Waals surface area contributed by atoms with Crippen LogP contribution in [0.1, 0.15) is 52.9 Å². The third kappa shape index (κ3) is 5.53. The maximum atomic E-state index is 11.4. The normalized spacial score (nSPS) is 28.6. The highest BCUT2D eigenvalue weighted by Crippen LogP contribution is 2.41. The van der Waals surface area contributed by atoms with Gasteiger partial charge in [-0.05, 0) is 44.1 Å². The third-order valence-corrected chi connectivity index (χ3v) is 6.29. The largest absolute Gasteiger partial charge is 0.329 e. The Hall–Kier alpha value is -0.130. The van der Waals surface area contributed by atoms with Crippen LogP contribution in [0.25, 0.3) is 0 Å². The van der Waals surface area contributed by atoms with Crippen molar-refractivity contribution >= 4 is 9.84 Å². The van der Waals surface area contributed by atoms with Crippen LogP contribution >= 0.6 is 0 Å². The molecule has 0 radical (unpaired) electrons. The molecule has 4 nitrogen and oxygen atoms in total. The number of hydrogen-bond acceptors (Lipinski definition) is 4. The molecule has 5 heteroatoms. The highest BCUT2D eigenvalue weighted by Gasteiger charge is 2.38. The second kappa shape index (κ2) is 6.97. The lowest BCUT2D eigenvalue weighted by Crippen LogP contribution is -2.53. The van der Waals surface area contributed by atoms with Crippen molar-refractivity contribution in [3.8, 4) is 0 Å². The van der Waals surface area contributed by atoms with Crippen LogP contribution in [0, 0.1) is 11.3 Å². The number of sulfone groups is 1. The van der Waals surface area contributed by atoms with Gasteiger partial charge in [0.15, 0.2) is 0 Å². The Kier molecular flexibility index (Phi) is 6.28. The summed E-state index contributed by atoms with van der Waals surface area (Å²) in [6.45, 7) is 8.15. The van der Waals surface area contributed by atoms with Crippen molar-refractivity contribution in [2.75, 3.05) is 32.1 Å². The molecule has 21 heavy (non-hydrogen) atoms. The molecule has 1 rings (SSSR count). The zero-order valence-electron chi connectivity index (χ0n) is 14.5. The van der Waals surface area contributed by atoms with E-state index >= 15 is 0 Å². The lowest BCUT2D eigenvalue weighted by Gasteiger charge is -2.41. The molecular formula is C16H34N2O2S. The van der Waals surface area contributed by atoms with Gasteiger partial charge < -0.3 is 5.73 Å². The van der Waals surface area contributed by atoms with Crippen LogP contribution in [0.5, 0.6) is 0 Å². The van der Waals surface area contributed by atoms with E-state index < -0.39 is 9.84 Å². The van der Waals surface area contributed by atoms with Gasteiger partial charge in [0, 0.05) is 24.9 Å². The molecule has 0 aromatic rings. The van der Waals surface area contributed by atoms with Crippen molar-refractivity contribution < 1.29 is 8.42 Å². The maximum absolute atomic E-state index is 11.4. The van der Waals surface area contributed by atoms with Gasteiger partial charge in [-0.3, -0.25) is 4.90 Å². The first-order chi connectivity index (χ1) is 9.50. The summed E-state index contributed by atoms with van der Waals surface area (Å²) in [5.74, 6) is 0.947. The molecule has 0 aromatic heterocycles. The van der Waals surface area contributed by atoms with E-state index in [1.165, 1.54) is 25.5 Å². The van der Waals surface area contributed by atoms with E-state index in [4.69, 9.17) is 5.73 Å². The van der Waals surface area contributed by atoms with Crippen LogP contribution in [0.15, 0.2) is 0 Å². The minimum atomic E-state index is -2.92. The predicted octanol–water partition coefficient (Wildman–Crippen LogP) is 2.29. The van der Waals surface area contributed by atoms with Gasteiger partial charge in [0.05, 0.1) is 5.75 Å². The van der Waals surface area contributed by atoms with Crippen molar-refractivity contribution in [1.82, 2.24) is 4.90 Å². The molecule has 2 atom stereocenters. The van der Waals surface area contributed by atoms with E-state index in [1.807, 2.05) is 7.05 Å². The molecule has 0 heterocycles. The Bertz CT molecular complexity index is 428. The Labute approximate surface area is 131 Å². The lowest BCUT2D eigenvalue weighted by molar-refractivity contribution is 0.109. The Balaban J connectivity index is 2.76. The molecule has 1 aliphatic rings. The lowest BCUT2D eigenvalue weighted by atomic mass is 9.76. The van der Waals surface area contributed by atoms with Gasteiger partial charge >= 0.3 is 0 Å². The van der Waals surface area contributed by atoms with Crippen molar-refractivity contribution in [2.24, 2.45) is 17.1 Å². The summed E-state index contributed by atoms with van der Waals surface area (Å²) >= 11 is 0. The Morgan fingerprint density at radius 3 is 2.33 bits per heavy atom. The van der Waals surface area contributed by atoms with Gasteiger partial charge in [0.2, 0.25) is 0 Å². The monoisotopic (exact) mass is 318 g/mol. The molecule has 1 fully saturated rings. The molecule has 2 unspecified atom stereocenters. The van der Waals surface area contributed by atoms with Crippen LogP contribution in [-0.2, 0) is 9.84 Å². The zero-order valence-corrected chi connectivity index (χ0v) is 15.3. The second-order valence-corrected chi connectivity index (χ2v) is 10.2. The number of nitrogens with two attached hydrogens (primary N) is 1. The smallest absolute Gasteiger partial charge is 0.148 e. The SMILES string of the molecule is CN(CCS(C)(=O)=O)C1(CN)CCCC(C(C)(C)C)CC1. The number of rotatable bonds is 5. The maximum Gasteiger partial charge on any atom is 0.148 e. The standard InChI is InChI=1S/C16H34N2O2S/c1-15(2,3)14-7-6-9-16(13-17,10-8-14)18(4)11-12-21(5,19)20/h14H,6-13,17H2,1-5H3. The summed E-state index contributed by atoms with van der Waals surface area (Å²) in [7, 11) is -0.881. The van der Waals surface area contributed by atoms with Crippen LogP contribution in [0.4, 0.5) is 0 Å². The molecule has 1 saturated carbocycles. The molecule has 0 spiro atoms. The van der Waals surface area contributed by atoms with Gasteiger partial charge in [-0.15, -0.1) is 0 Å². The van der Waals surface area contributed by atoms with Crippen molar-refractivity contribution in [3.05, 3.63) is 0 Å². The number of nitrogens with zero attached hydrogens (tertiary/aromatic N) is 1. The van der Waals surface area contributed by atoms with Gasteiger partial charge in [-0.25, -0.2) is 8.42 Å². The van der Waals surface area contributed by atoms with E-state index in [0.29, 0.717) is 18.5 Å². The zero-order chi connectivity index (χ0) is 16.3. The van der Waals surface area contributed by atoms with Crippen LogP contribution in [0.2, 0.25) is 0 Å². The van der Waals surface area contributed by atoms with Crippen LogP contribution in [-0.4, -0.2) is 51.0 Å². The summed E-state index contributed by atoms with van der Waals surface area (Å²) in [5.41, 5.74) is 6.43. The molecule has 0 aliphatic heterocycles. The average molecular weight is 319 g/mol. The molecule has 0 amide bonds. The fourth-order valence-corrected chi connectivity index (χ4v) is 4.14. The molecule has 1 aliphatic carbocycles. The van der Waals surface area contributed by atoms with Crippen LogP contribution in [0.3, 0.4) is 0 Å². The molecule has 2 N–H and O–H groups in total. The van der Waals surface area contributed by atoms with E-state index in [-0.39, 0.29) is 11.3 Å². The third-order valence-electron chi connectivity index (χ3n) is 5.36. The van der Waals surface area contributed by atoms with Gasteiger partial charge in [0.25, 0.3) is 0 Å². The van der Waals surface area contributed by atoms with Crippen LogP contribution < -0.4 is 5.73 Å². The van der Waals surface area contributed by atoms with Gasteiger partial charge in [0.1, 0.15) is 9.84 Å². The summed E-state index contributed by atoms with van der Waals surface area (Å²) in [4.78, 5) is 2.21. The summed E-state index contributed by atoms with van der Waals surface area (Å²) < 4.78 is 22.8. The second-order valence-electron chi connectivity index (χ2n) is 7.97. The van der Waals surface area contributed by atoms with Crippen molar-refractivity contribution in [1.29, 1.82) is 0 Å². The first-order valence-corrected chi connectivity index (χ1v) is 10.2. The van der Waals surface area contributed by atoms with Gasteiger partial charge in [-0.1, -0.05) is 27.2 Å². The molecule has 0 bridgehead atoms. The first-order valence-electron chi connectivity index (χ1n) is 8.09. The first kappa shape index (κ1) is 18.9. The predicted molar refractivity (Wildman–Crippen MR) is 90.2 cm³/mol. The molecule has 0 aromatic carbocycles. The van der Waals surface area contributed by atoms with Crippen molar-refractivity contribution in [3.63, 3.8) is 0 Å². The molecule has 0 saturated heterocycles. The summed E-state index contributed by atoms with van der Waals surface area (Å²) in [6.07, 6.45) is 7.08. The van der Waals surface area contributed by atoms with E-state index in [1.54, 1.807) is 0 Å². The average Bonchev–Trinajstić information content (AvgIpc) is 2.57. The number of hydrogen-bond donors (Lipinski definition) is 1. The highest BCUT2D eigenvalue weighted by atomic mass is 32.2. The van der Waals surface area contributed by atoms with E-state index in [9.17, 15) is 8.42 Å². The number of likely N-dealkylation sites (N-methyl/N-ethyl adjacent to an activating group) is 1. The Morgan fingerprint density at radius 1 is 1.24 bits per heavy atom. The highest BCUT2D eigenvalue weighted by molar-refractivity contribution is 7.90. The topological polar surface area (TPSA) is 63.4 Å².